The van der Waals surface area contributed by atoms with Crippen molar-refractivity contribution in [2.45, 2.75) is 6.61 Å². The van der Waals surface area contributed by atoms with Crippen molar-refractivity contribution >= 4 is 29.1 Å². The molecular formula is C13H14ClF2N3O3. The first-order valence-corrected chi connectivity index (χ1v) is 6.85. The van der Waals surface area contributed by atoms with E-state index in [0.29, 0.717) is 18.8 Å². The normalized spacial score (nSPS) is 15.5. The molecule has 1 aromatic carbocycles. The van der Waals surface area contributed by atoms with E-state index in [2.05, 4.69) is 15.4 Å². The molecule has 2 rings (SSSR count). The zero-order chi connectivity index (χ0) is 16.1. The lowest BCUT2D eigenvalue weighted by Crippen LogP contribution is -2.49. The Bertz CT molecular complexity index is 571. The SMILES string of the molecule is O=C1CN(CC(=O)Nc2ccc(OC(F)F)c(Cl)c2)CCN1. The van der Waals surface area contributed by atoms with E-state index < -0.39 is 6.61 Å². The van der Waals surface area contributed by atoms with Gasteiger partial charge in [-0.15, -0.1) is 0 Å². The second kappa shape index (κ2) is 7.37. The summed E-state index contributed by atoms with van der Waals surface area (Å²) in [5.74, 6) is -0.619. The van der Waals surface area contributed by atoms with Crippen LogP contribution in [0.15, 0.2) is 18.2 Å². The van der Waals surface area contributed by atoms with Crippen LogP contribution >= 0.6 is 11.6 Å². The summed E-state index contributed by atoms with van der Waals surface area (Å²) in [6.07, 6.45) is 0. The second-order valence-electron chi connectivity index (χ2n) is 4.63. The first-order valence-electron chi connectivity index (χ1n) is 6.47. The minimum atomic E-state index is -2.97. The number of piperazine rings is 1. The maximum atomic E-state index is 12.1. The first kappa shape index (κ1) is 16.4. The van der Waals surface area contributed by atoms with Gasteiger partial charge in [0.2, 0.25) is 11.8 Å². The van der Waals surface area contributed by atoms with E-state index in [1.807, 2.05) is 0 Å². The first-order chi connectivity index (χ1) is 10.4. The van der Waals surface area contributed by atoms with Crippen molar-refractivity contribution < 1.29 is 23.1 Å². The summed E-state index contributed by atoms with van der Waals surface area (Å²) in [7, 11) is 0. The molecule has 0 aromatic heterocycles. The van der Waals surface area contributed by atoms with Crippen LogP contribution in [-0.2, 0) is 9.59 Å². The predicted molar refractivity (Wildman–Crippen MR) is 76.2 cm³/mol. The third-order valence-corrected chi connectivity index (χ3v) is 3.21. The van der Waals surface area contributed by atoms with Gasteiger partial charge in [-0.25, -0.2) is 0 Å². The topological polar surface area (TPSA) is 70.7 Å². The lowest BCUT2D eigenvalue weighted by atomic mass is 10.3. The summed E-state index contributed by atoms with van der Waals surface area (Å²) >= 11 is 5.79. The molecule has 0 radical (unpaired) electrons. The number of amides is 2. The van der Waals surface area contributed by atoms with Crippen LogP contribution < -0.4 is 15.4 Å². The Labute approximate surface area is 130 Å². The third kappa shape index (κ3) is 4.81. The summed E-state index contributed by atoms with van der Waals surface area (Å²) in [5.41, 5.74) is 0.359. The summed E-state index contributed by atoms with van der Waals surface area (Å²) in [4.78, 5) is 24.8. The number of hydrogen-bond donors (Lipinski definition) is 2. The number of carbonyl (C=O) groups excluding carboxylic acids is 2. The fourth-order valence-electron chi connectivity index (χ4n) is 2.00. The van der Waals surface area contributed by atoms with Gasteiger partial charge in [-0.3, -0.25) is 14.5 Å². The zero-order valence-corrected chi connectivity index (χ0v) is 12.2. The third-order valence-electron chi connectivity index (χ3n) is 2.92. The molecule has 1 heterocycles. The Morgan fingerprint density at radius 2 is 2.27 bits per heavy atom. The summed E-state index contributed by atoms with van der Waals surface area (Å²) in [6.45, 7) is -1.67. The average molecular weight is 334 g/mol. The van der Waals surface area contributed by atoms with Gasteiger partial charge in [-0.1, -0.05) is 11.6 Å². The monoisotopic (exact) mass is 333 g/mol. The quantitative estimate of drug-likeness (QED) is 0.852. The van der Waals surface area contributed by atoms with Gasteiger partial charge in [0.05, 0.1) is 18.1 Å². The van der Waals surface area contributed by atoms with Crippen molar-refractivity contribution in [3.8, 4) is 5.75 Å². The molecule has 9 heteroatoms. The average Bonchev–Trinajstić information content (AvgIpc) is 2.41. The number of benzene rings is 1. The van der Waals surface area contributed by atoms with Crippen molar-refractivity contribution in [1.82, 2.24) is 10.2 Å². The van der Waals surface area contributed by atoms with Gasteiger partial charge in [0, 0.05) is 18.8 Å². The van der Waals surface area contributed by atoms with E-state index >= 15 is 0 Å². The van der Waals surface area contributed by atoms with Gasteiger partial charge in [-0.05, 0) is 18.2 Å². The lowest BCUT2D eigenvalue weighted by Gasteiger charge is -2.25. The van der Waals surface area contributed by atoms with Crippen LogP contribution in [0.4, 0.5) is 14.5 Å². The molecule has 0 atom stereocenters. The highest BCUT2D eigenvalue weighted by atomic mass is 35.5. The standard InChI is InChI=1S/C13H14ClF2N3O3/c14-9-5-8(1-2-10(9)22-13(15)16)18-12(21)7-19-4-3-17-11(20)6-19/h1-2,5,13H,3-4,6-7H2,(H,17,20)(H,18,21). The molecule has 2 N–H and O–H groups in total. The van der Waals surface area contributed by atoms with Gasteiger partial charge in [-0.2, -0.15) is 8.78 Å². The maximum absolute atomic E-state index is 12.1. The molecule has 22 heavy (non-hydrogen) atoms. The maximum Gasteiger partial charge on any atom is 0.387 e. The number of nitrogens with one attached hydrogen (secondary N) is 2. The van der Waals surface area contributed by atoms with Gasteiger partial charge in [0.25, 0.3) is 0 Å². The lowest BCUT2D eigenvalue weighted by molar-refractivity contribution is -0.125. The zero-order valence-electron chi connectivity index (χ0n) is 11.4. The number of anilines is 1. The predicted octanol–water partition coefficient (Wildman–Crippen LogP) is 1.31. The van der Waals surface area contributed by atoms with Gasteiger partial charge in [0.1, 0.15) is 5.75 Å². The van der Waals surface area contributed by atoms with Crippen LogP contribution in [0.1, 0.15) is 0 Å². The van der Waals surface area contributed by atoms with Gasteiger partial charge in [0.15, 0.2) is 0 Å². The Hall–Kier alpha value is -1.93. The smallest absolute Gasteiger partial charge is 0.387 e. The molecule has 1 aromatic rings. The molecule has 0 spiro atoms. The molecule has 6 nitrogen and oxygen atoms in total. The second-order valence-corrected chi connectivity index (χ2v) is 5.04. The molecule has 1 aliphatic heterocycles. The molecule has 0 unspecified atom stereocenters. The fourth-order valence-corrected chi connectivity index (χ4v) is 2.23. The Morgan fingerprint density at radius 1 is 1.50 bits per heavy atom. The number of carbonyl (C=O) groups is 2. The van der Waals surface area contributed by atoms with Gasteiger partial charge >= 0.3 is 6.61 Å². The van der Waals surface area contributed by atoms with E-state index in [-0.39, 0.29) is 35.7 Å². The molecule has 0 bridgehead atoms. The van der Waals surface area contributed by atoms with Crippen LogP contribution in [-0.4, -0.2) is 49.5 Å². The number of hydrogen-bond acceptors (Lipinski definition) is 4. The highest BCUT2D eigenvalue weighted by Gasteiger charge is 2.18. The summed E-state index contributed by atoms with van der Waals surface area (Å²) < 4.78 is 28.4. The van der Waals surface area contributed by atoms with E-state index in [1.54, 1.807) is 4.90 Å². The highest BCUT2D eigenvalue weighted by Crippen LogP contribution is 2.28. The Balaban J connectivity index is 1.91. The van der Waals surface area contributed by atoms with Crippen molar-refractivity contribution in [1.29, 1.82) is 0 Å². The van der Waals surface area contributed by atoms with Crippen LogP contribution in [0.2, 0.25) is 5.02 Å². The van der Waals surface area contributed by atoms with Crippen molar-refractivity contribution in [3.63, 3.8) is 0 Å². The van der Waals surface area contributed by atoms with Crippen molar-refractivity contribution in [2.75, 3.05) is 31.5 Å². The molecule has 120 valence electrons. The molecule has 1 aliphatic rings. The number of ether oxygens (including phenoxy) is 1. The molecule has 1 saturated heterocycles. The van der Waals surface area contributed by atoms with E-state index in [4.69, 9.17) is 11.6 Å². The number of nitrogens with zero attached hydrogens (tertiary/aromatic N) is 1. The van der Waals surface area contributed by atoms with Crippen LogP contribution in [0, 0.1) is 0 Å². The van der Waals surface area contributed by atoms with Crippen LogP contribution in [0.5, 0.6) is 5.75 Å². The number of halogens is 3. The molecule has 0 saturated carbocycles. The van der Waals surface area contributed by atoms with E-state index in [1.165, 1.54) is 18.2 Å². The van der Waals surface area contributed by atoms with Crippen LogP contribution in [0.3, 0.4) is 0 Å². The Kier molecular flexibility index (Phi) is 5.51. The number of alkyl halides is 2. The van der Waals surface area contributed by atoms with Crippen molar-refractivity contribution in [3.05, 3.63) is 23.2 Å². The minimum Gasteiger partial charge on any atom is -0.433 e. The summed E-state index contributed by atoms with van der Waals surface area (Å²) in [5, 5.41) is 5.21. The fraction of sp³-hybridized carbons (Fsp3) is 0.385. The highest BCUT2D eigenvalue weighted by molar-refractivity contribution is 6.32. The molecular weight excluding hydrogens is 320 g/mol. The van der Waals surface area contributed by atoms with E-state index in [0.717, 1.165) is 0 Å². The summed E-state index contributed by atoms with van der Waals surface area (Å²) in [6, 6.07) is 3.98. The Morgan fingerprint density at radius 3 is 2.91 bits per heavy atom. The van der Waals surface area contributed by atoms with Gasteiger partial charge < -0.3 is 15.4 Å². The molecule has 0 aliphatic carbocycles. The number of rotatable bonds is 5. The molecule has 2 amide bonds. The van der Waals surface area contributed by atoms with Crippen molar-refractivity contribution in [2.24, 2.45) is 0 Å². The largest absolute Gasteiger partial charge is 0.433 e. The molecule has 1 fully saturated rings. The van der Waals surface area contributed by atoms with Crippen LogP contribution in [0.25, 0.3) is 0 Å². The minimum absolute atomic E-state index is 0.0320. The van der Waals surface area contributed by atoms with E-state index in [9.17, 15) is 18.4 Å².